The fourth-order valence-electron chi connectivity index (χ4n) is 2.04. The third-order valence-corrected chi connectivity index (χ3v) is 2.66. The maximum atomic E-state index is 3.41. The smallest absolute Gasteiger partial charge is 0.0157 e. The van der Waals surface area contributed by atoms with Gasteiger partial charge in [-0.15, -0.1) is 0 Å². The molecule has 0 saturated carbocycles. The Morgan fingerprint density at radius 3 is 3.00 bits per heavy atom. The third kappa shape index (κ3) is 0.775. The van der Waals surface area contributed by atoms with Crippen molar-refractivity contribution in [3.05, 3.63) is 0 Å². The first kappa shape index (κ1) is 5.69. The lowest BCUT2D eigenvalue weighted by molar-refractivity contribution is 0.0186. The van der Waals surface area contributed by atoms with Crippen LogP contribution < -0.4 is 5.32 Å². The molecule has 2 nitrogen and oxygen atoms in total. The van der Waals surface area contributed by atoms with Gasteiger partial charge in [-0.1, -0.05) is 0 Å². The molecule has 0 amide bonds. The van der Waals surface area contributed by atoms with Crippen molar-refractivity contribution >= 4 is 0 Å². The van der Waals surface area contributed by atoms with Crippen molar-refractivity contribution in [3.63, 3.8) is 0 Å². The Morgan fingerprint density at radius 1 is 1.56 bits per heavy atom. The zero-order valence-electron chi connectivity index (χ0n) is 5.93. The Morgan fingerprint density at radius 2 is 2.44 bits per heavy atom. The Labute approximate surface area is 56.2 Å². The minimum atomic E-state index is 0.922. The molecule has 2 unspecified atom stereocenters. The van der Waals surface area contributed by atoms with Crippen LogP contribution in [0.25, 0.3) is 0 Å². The van der Waals surface area contributed by atoms with Crippen LogP contribution in [0.2, 0.25) is 0 Å². The van der Waals surface area contributed by atoms with E-state index in [-0.39, 0.29) is 0 Å². The summed E-state index contributed by atoms with van der Waals surface area (Å²) in [6.07, 6.45) is 1.36. The zero-order valence-corrected chi connectivity index (χ0v) is 5.93. The molecule has 0 aromatic rings. The van der Waals surface area contributed by atoms with Gasteiger partial charge in [0.1, 0.15) is 0 Å². The van der Waals surface area contributed by atoms with Crippen LogP contribution in [0, 0.1) is 5.92 Å². The lowest BCUT2D eigenvalue weighted by Crippen LogP contribution is -2.60. The normalized spacial score (nSPS) is 43.7. The number of fused-ring (bicyclic) bond motifs is 1. The summed E-state index contributed by atoms with van der Waals surface area (Å²) < 4.78 is 0. The van der Waals surface area contributed by atoms with Crippen LogP contribution in [-0.2, 0) is 0 Å². The van der Waals surface area contributed by atoms with Crippen LogP contribution in [0.5, 0.6) is 0 Å². The highest BCUT2D eigenvalue weighted by Crippen LogP contribution is 2.26. The second-order valence-corrected chi connectivity index (χ2v) is 3.26. The summed E-state index contributed by atoms with van der Waals surface area (Å²) in [6, 6.07) is 0.922. The molecule has 52 valence electrons. The molecule has 2 saturated heterocycles. The molecular formula is C7H14N2. The lowest BCUT2D eigenvalue weighted by atomic mass is 9.84. The standard InChI is InChI=1S/C7H14N2/c1-9-5-6-4-8-3-2-7(6)9/h6-8H,2-5H2,1H3. The molecule has 0 bridgehead atoms. The molecule has 0 radical (unpaired) electrons. The van der Waals surface area contributed by atoms with Gasteiger partial charge in [0.15, 0.2) is 0 Å². The highest BCUT2D eigenvalue weighted by molar-refractivity contribution is 4.93. The molecule has 0 aliphatic carbocycles. The van der Waals surface area contributed by atoms with Crippen LogP contribution in [0.4, 0.5) is 0 Å². The van der Waals surface area contributed by atoms with Gasteiger partial charge >= 0.3 is 0 Å². The van der Waals surface area contributed by atoms with E-state index in [0.29, 0.717) is 0 Å². The van der Waals surface area contributed by atoms with Crippen molar-refractivity contribution in [1.82, 2.24) is 10.2 Å². The second-order valence-electron chi connectivity index (χ2n) is 3.26. The summed E-state index contributed by atoms with van der Waals surface area (Å²) in [4.78, 5) is 2.46. The van der Waals surface area contributed by atoms with E-state index in [4.69, 9.17) is 0 Å². The summed E-state index contributed by atoms with van der Waals surface area (Å²) in [6.45, 7) is 3.80. The first-order chi connectivity index (χ1) is 4.38. The fraction of sp³-hybridized carbons (Fsp3) is 1.00. The third-order valence-electron chi connectivity index (χ3n) is 2.66. The largest absolute Gasteiger partial charge is 0.316 e. The molecule has 2 aliphatic rings. The summed E-state index contributed by atoms with van der Waals surface area (Å²) in [7, 11) is 2.23. The summed E-state index contributed by atoms with van der Waals surface area (Å²) in [5.41, 5.74) is 0. The van der Waals surface area contributed by atoms with E-state index in [0.717, 1.165) is 12.0 Å². The molecule has 2 atom stereocenters. The van der Waals surface area contributed by atoms with E-state index in [2.05, 4.69) is 17.3 Å². The van der Waals surface area contributed by atoms with Gasteiger partial charge in [-0.25, -0.2) is 0 Å². The average molecular weight is 126 g/mol. The zero-order chi connectivity index (χ0) is 6.27. The van der Waals surface area contributed by atoms with Gasteiger partial charge in [-0.2, -0.15) is 0 Å². The number of nitrogens with zero attached hydrogens (tertiary/aromatic N) is 1. The molecule has 1 N–H and O–H groups in total. The van der Waals surface area contributed by atoms with Crippen molar-refractivity contribution in [1.29, 1.82) is 0 Å². The van der Waals surface area contributed by atoms with E-state index in [9.17, 15) is 0 Å². The first-order valence-electron chi connectivity index (χ1n) is 3.79. The van der Waals surface area contributed by atoms with Crippen molar-refractivity contribution in [2.45, 2.75) is 12.5 Å². The molecule has 2 heterocycles. The van der Waals surface area contributed by atoms with Crippen molar-refractivity contribution in [2.75, 3.05) is 26.7 Å². The Balaban J connectivity index is 1.94. The molecule has 2 aliphatic heterocycles. The summed E-state index contributed by atoms with van der Waals surface area (Å²) >= 11 is 0. The van der Waals surface area contributed by atoms with Crippen molar-refractivity contribution in [3.8, 4) is 0 Å². The van der Waals surface area contributed by atoms with Gasteiger partial charge < -0.3 is 10.2 Å². The minimum Gasteiger partial charge on any atom is -0.316 e. The molecular weight excluding hydrogens is 112 g/mol. The van der Waals surface area contributed by atoms with E-state index in [1.54, 1.807) is 0 Å². The van der Waals surface area contributed by atoms with Gasteiger partial charge in [-0.3, -0.25) is 0 Å². The number of likely N-dealkylation sites (tertiary alicyclic amines) is 1. The molecule has 9 heavy (non-hydrogen) atoms. The Kier molecular flexibility index (Phi) is 1.24. The number of nitrogens with one attached hydrogen (secondary N) is 1. The molecule has 2 heteroatoms. The number of hydrogen-bond donors (Lipinski definition) is 1. The molecule has 0 aromatic carbocycles. The maximum absolute atomic E-state index is 3.41. The van der Waals surface area contributed by atoms with Crippen LogP contribution in [0.3, 0.4) is 0 Å². The first-order valence-corrected chi connectivity index (χ1v) is 3.79. The maximum Gasteiger partial charge on any atom is 0.0157 e. The van der Waals surface area contributed by atoms with E-state index >= 15 is 0 Å². The SMILES string of the molecule is CN1CC2CNCCC21. The highest BCUT2D eigenvalue weighted by atomic mass is 15.2. The van der Waals surface area contributed by atoms with E-state index < -0.39 is 0 Å². The van der Waals surface area contributed by atoms with Crippen LogP contribution >= 0.6 is 0 Å². The topological polar surface area (TPSA) is 15.3 Å². The van der Waals surface area contributed by atoms with Gasteiger partial charge in [-0.05, 0) is 25.9 Å². The quantitative estimate of drug-likeness (QED) is 0.488. The molecule has 2 fully saturated rings. The molecule has 0 aromatic heterocycles. The predicted octanol–water partition coefficient (Wildman–Crippen LogP) is -0.0901. The van der Waals surface area contributed by atoms with Crippen LogP contribution in [0.1, 0.15) is 6.42 Å². The van der Waals surface area contributed by atoms with Crippen molar-refractivity contribution < 1.29 is 0 Å². The van der Waals surface area contributed by atoms with E-state index in [1.165, 1.54) is 26.1 Å². The number of piperidine rings is 1. The Hall–Kier alpha value is -0.0800. The monoisotopic (exact) mass is 126 g/mol. The average Bonchev–Trinajstić information content (AvgIpc) is 1.86. The van der Waals surface area contributed by atoms with Gasteiger partial charge in [0, 0.05) is 19.1 Å². The lowest BCUT2D eigenvalue weighted by Gasteiger charge is -2.49. The number of rotatable bonds is 0. The van der Waals surface area contributed by atoms with E-state index in [1.807, 2.05) is 0 Å². The fourth-order valence-corrected chi connectivity index (χ4v) is 2.04. The van der Waals surface area contributed by atoms with Gasteiger partial charge in [0.05, 0.1) is 0 Å². The van der Waals surface area contributed by atoms with Gasteiger partial charge in [0.2, 0.25) is 0 Å². The van der Waals surface area contributed by atoms with Crippen LogP contribution in [0.15, 0.2) is 0 Å². The molecule has 2 rings (SSSR count). The van der Waals surface area contributed by atoms with Gasteiger partial charge in [0.25, 0.3) is 0 Å². The van der Waals surface area contributed by atoms with Crippen LogP contribution in [-0.4, -0.2) is 37.6 Å². The predicted molar refractivity (Wildman–Crippen MR) is 37.4 cm³/mol. The van der Waals surface area contributed by atoms with Crippen molar-refractivity contribution in [2.24, 2.45) is 5.92 Å². The second kappa shape index (κ2) is 1.96. The Bertz CT molecular complexity index is 111. The summed E-state index contributed by atoms with van der Waals surface area (Å²) in [5.74, 6) is 0.976. The minimum absolute atomic E-state index is 0.922. The number of hydrogen-bond acceptors (Lipinski definition) is 2. The highest BCUT2D eigenvalue weighted by Gasteiger charge is 2.37. The molecule has 0 spiro atoms. The summed E-state index contributed by atoms with van der Waals surface area (Å²) in [5, 5.41) is 3.41.